The molecule has 2 fully saturated rings. The van der Waals surface area contributed by atoms with Crippen LogP contribution in [0, 0.1) is 0 Å². The molecule has 0 amide bonds. The molecule has 1 aliphatic heterocycles. The summed E-state index contributed by atoms with van der Waals surface area (Å²) in [6.45, 7) is 0.866. The number of benzene rings is 1. The van der Waals surface area contributed by atoms with Crippen LogP contribution >= 0.6 is 11.8 Å². The summed E-state index contributed by atoms with van der Waals surface area (Å²) in [4.78, 5) is 4.54. The lowest BCUT2D eigenvalue weighted by molar-refractivity contribution is -0.125. The van der Waals surface area contributed by atoms with Gasteiger partial charge in [0.15, 0.2) is 5.58 Å². The van der Waals surface area contributed by atoms with Crippen molar-refractivity contribution in [2.24, 2.45) is 0 Å². The van der Waals surface area contributed by atoms with Gasteiger partial charge in [0.2, 0.25) is 0 Å². The van der Waals surface area contributed by atoms with E-state index in [0.717, 1.165) is 35.8 Å². The molecule has 2 aromatic rings. The predicted octanol–water partition coefficient (Wildman–Crippen LogP) is 3.60. The standard InChI is InChI=1S/C15H18N2O2S/c16-10-2-3-12-13(8-10)19-14(17-12)20-11-4-7-18-15(9-11)5-1-6-15/h2-3,8,11H,1,4-7,9,16H2. The summed E-state index contributed by atoms with van der Waals surface area (Å²) >= 11 is 1.75. The van der Waals surface area contributed by atoms with E-state index in [1.54, 1.807) is 11.8 Å². The van der Waals surface area contributed by atoms with E-state index in [9.17, 15) is 0 Å². The third-order valence-corrected chi connectivity index (χ3v) is 5.48. The highest BCUT2D eigenvalue weighted by Gasteiger charge is 2.43. The highest BCUT2D eigenvalue weighted by Crippen LogP contribution is 2.46. The van der Waals surface area contributed by atoms with Gasteiger partial charge in [-0.3, -0.25) is 0 Å². The van der Waals surface area contributed by atoms with Crippen molar-refractivity contribution >= 4 is 28.5 Å². The van der Waals surface area contributed by atoms with Gasteiger partial charge in [0.05, 0.1) is 5.60 Å². The molecular formula is C15H18N2O2S. The summed E-state index contributed by atoms with van der Waals surface area (Å²) in [6.07, 6.45) is 5.94. The topological polar surface area (TPSA) is 61.3 Å². The van der Waals surface area contributed by atoms with E-state index in [1.807, 2.05) is 18.2 Å². The molecule has 1 aliphatic carbocycles. The first-order valence-electron chi connectivity index (χ1n) is 7.19. The van der Waals surface area contributed by atoms with E-state index in [4.69, 9.17) is 14.9 Å². The molecule has 4 rings (SSSR count). The summed E-state index contributed by atoms with van der Waals surface area (Å²) < 4.78 is 11.8. The third kappa shape index (κ3) is 2.19. The fourth-order valence-electron chi connectivity index (χ4n) is 3.12. The Hall–Kier alpha value is -1.20. The molecule has 1 spiro atoms. The normalized spacial score (nSPS) is 24.9. The summed E-state index contributed by atoms with van der Waals surface area (Å²) in [6, 6.07) is 5.61. The van der Waals surface area contributed by atoms with Crippen molar-refractivity contribution in [2.75, 3.05) is 12.3 Å². The summed E-state index contributed by atoms with van der Waals surface area (Å²) in [5.41, 5.74) is 8.31. The van der Waals surface area contributed by atoms with Gasteiger partial charge >= 0.3 is 0 Å². The molecule has 1 unspecified atom stereocenters. The Balaban J connectivity index is 1.52. The number of hydrogen-bond donors (Lipinski definition) is 1. The lowest BCUT2D eigenvalue weighted by atomic mass is 9.75. The highest BCUT2D eigenvalue weighted by atomic mass is 32.2. The number of fused-ring (bicyclic) bond motifs is 1. The maximum Gasteiger partial charge on any atom is 0.257 e. The average molecular weight is 290 g/mol. The second-order valence-electron chi connectivity index (χ2n) is 5.82. The van der Waals surface area contributed by atoms with Crippen LogP contribution < -0.4 is 5.73 Å². The highest BCUT2D eigenvalue weighted by molar-refractivity contribution is 7.99. The molecule has 0 radical (unpaired) electrons. The fourth-order valence-corrected chi connectivity index (χ4v) is 4.29. The molecule has 0 bridgehead atoms. The number of anilines is 1. The van der Waals surface area contributed by atoms with Gasteiger partial charge in [0.1, 0.15) is 5.52 Å². The zero-order valence-electron chi connectivity index (χ0n) is 11.3. The molecule has 2 aliphatic rings. The molecule has 1 saturated carbocycles. The van der Waals surface area contributed by atoms with Crippen molar-refractivity contribution in [2.45, 2.75) is 48.2 Å². The monoisotopic (exact) mass is 290 g/mol. The number of ether oxygens (including phenoxy) is 1. The van der Waals surface area contributed by atoms with Gasteiger partial charge in [-0.25, -0.2) is 4.98 Å². The largest absolute Gasteiger partial charge is 0.431 e. The van der Waals surface area contributed by atoms with Crippen LogP contribution in [-0.4, -0.2) is 22.4 Å². The van der Waals surface area contributed by atoms with E-state index < -0.39 is 0 Å². The summed E-state index contributed by atoms with van der Waals surface area (Å²) in [7, 11) is 0. The van der Waals surface area contributed by atoms with Crippen molar-refractivity contribution in [3.8, 4) is 0 Å². The minimum absolute atomic E-state index is 0.173. The first-order valence-corrected chi connectivity index (χ1v) is 8.07. The predicted molar refractivity (Wildman–Crippen MR) is 79.8 cm³/mol. The van der Waals surface area contributed by atoms with Gasteiger partial charge in [0.25, 0.3) is 5.22 Å². The fraction of sp³-hybridized carbons (Fsp3) is 0.533. The van der Waals surface area contributed by atoms with E-state index >= 15 is 0 Å². The first-order chi connectivity index (χ1) is 9.72. The minimum atomic E-state index is 0.173. The summed E-state index contributed by atoms with van der Waals surface area (Å²) in [5, 5.41) is 1.31. The number of rotatable bonds is 2. The van der Waals surface area contributed by atoms with E-state index in [2.05, 4.69) is 4.98 Å². The van der Waals surface area contributed by atoms with Crippen molar-refractivity contribution in [3.05, 3.63) is 18.2 Å². The van der Waals surface area contributed by atoms with Gasteiger partial charge in [-0.05, 0) is 44.2 Å². The Morgan fingerprint density at radius 1 is 1.35 bits per heavy atom. The van der Waals surface area contributed by atoms with Gasteiger partial charge in [-0.2, -0.15) is 0 Å². The molecule has 2 N–H and O–H groups in total. The average Bonchev–Trinajstić information content (AvgIpc) is 2.78. The van der Waals surface area contributed by atoms with Crippen LogP contribution in [0.4, 0.5) is 5.69 Å². The van der Waals surface area contributed by atoms with Crippen LogP contribution in [0.15, 0.2) is 27.8 Å². The van der Waals surface area contributed by atoms with Crippen molar-refractivity contribution in [1.82, 2.24) is 4.98 Å². The molecule has 106 valence electrons. The van der Waals surface area contributed by atoms with Crippen LogP contribution in [0.2, 0.25) is 0 Å². The Bertz CT molecular complexity index is 636. The Labute approximate surface area is 122 Å². The zero-order chi connectivity index (χ0) is 13.6. The lowest BCUT2D eigenvalue weighted by Crippen LogP contribution is -2.46. The molecule has 2 heterocycles. The lowest BCUT2D eigenvalue weighted by Gasteiger charge is -2.46. The molecule has 20 heavy (non-hydrogen) atoms. The van der Waals surface area contributed by atoms with Gasteiger partial charge in [-0.15, -0.1) is 0 Å². The van der Waals surface area contributed by atoms with E-state index in [0.29, 0.717) is 10.9 Å². The van der Waals surface area contributed by atoms with Crippen LogP contribution in [0.25, 0.3) is 11.1 Å². The van der Waals surface area contributed by atoms with Gasteiger partial charge < -0.3 is 14.9 Å². The van der Waals surface area contributed by atoms with Crippen molar-refractivity contribution in [1.29, 1.82) is 0 Å². The van der Waals surface area contributed by atoms with Gasteiger partial charge in [-0.1, -0.05) is 11.8 Å². The minimum Gasteiger partial charge on any atom is -0.431 e. The van der Waals surface area contributed by atoms with Crippen LogP contribution in [-0.2, 0) is 4.74 Å². The number of oxazole rings is 1. The van der Waals surface area contributed by atoms with Crippen LogP contribution in [0.3, 0.4) is 0 Å². The molecule has 1 aromatic heterocycles. The molecule has 5 heteroatoms. The summed E-state index contributed by atoms with van der Waals surface area (Å²) in [5.74, 6) is 0. The Morgan fingerprint density at radius 3 is 3.05 bits per heavy atom. The Morgan fingerprint density at radius 2 is 2.25 bits per heavy atom. The third-order valence-electron chi connectivity index (χ3n) is 4.37. The SMILES string of the molecule is Nc1ccc2nc(SC3CCOC4(CCC4)C3)oc2c1. The van der Waals surface area contributed by atoms with E-state index in [-0.39, 0.29) is 5.60 Å². The van der Waals surface area contributed by atoms with Crippen molar-refractivity contribution < 1.29 is 9.15 Å². The maximum atomic E-state index is 5.96. The number of nitrogens with two attached hydrogens (primary N) is 1. The second-order valence-corrected chi connectivity index (χ2v) is 7.08. The van der Waals surface area contributed by atoms with Gasteiger partial charge in [0, 0.05) is 23.6 Å². The number of nitrogen functional groups attached to an aromatic ring is 1. The molecule has 1 saturated heterocycles. The Kier molecular flexibility index (Phi) is 2.93. The molecule has 4 nitrogen and oxygen atoms in total. The number of hydrogen-bond acceptors (Lipinski definition) is 5. The van der Waals surface area contributed by atoms with E-state index in [1.165, 1.54) is 19.3 Å². The van der Waals surface area contributed by atoms with Crippen LogP contribution in [0.5, 0.6) is 0 Å². The zero-order valence-corrected chi connectivity index (χ0v) is 12.1. The number of thioether (sulfide) groups is 1. The smallest absolute Gasteiger partial charge is 0.257 e. The number of aromatic nitrogens is 1. The van der Waals surface area contributed by atoms with Crippen molar-refractivity contribution in [3.63, 3.8) is 0 Å². The first kappa shape index (κ1) is 12.5. The molecule has 1 atom stereocenters. The molecule has 1 aromatic carbocycles. The number of nitrogens with zero attached hydrogens (tertiary/aromatic N) is 1. The second kappa shape index (κ2) is 4.67. The van der Waals surface area contributed by atoms with Crippen LogP contribution in [0.1, 0.15) is 32.1 Å². The molecular weight excluding hydrogens is 272 g/mol. The quantitative estimate of drug-likeness (QED) is 0.856. The maximum absolute atomic E-state index is 5.96.